The molecule has 0 N–H and O–H groups in total. The summed E-state index contributed by atoms with van der Waals surface area (Å²) in [6.07, 6.45) is 4.65. The van der Waals surface area contributed by atoms with Crippen LogP contribution in [0.2, 0.25) is 0 Å². The summed E-state index contributed by atoms with van der Waals surface area (Å²) in [5.74, 6) is 0.911. The molecule has 0 spiro atoms. The number of anilines is 2. The molecule has 4 aromatic rings. The standard InChI is InChI=1S/C23H19N5O/c1-15-23-20-8-5-17(18-13-25-27(2)14-18)11-21(20)28(10-9-22(23)29-26-15)19-6-3-16(12-24)4-7-19/h3-8,11,13-14H,9-10H2,1-2H3. The number of fused-ring (bicyclic) bond motifs is 3. The van der Waals surface area contributed by atoms with E-state index in [2.05, 4.69) is 39.4 Å². The molecule has 0 unspecified atom stereocenters. The maximum atomic E-state index is 9.14. The number of aromatic nitrogens is 3. The summed E-state index contributed by atoms with van der Waals surface area (Å²) in [4.78, 5) is 2.28. The molecular weight excluding hydrogens is 362 g/mol. The quantitative estimate of drug-likeness (QED) is 0.507. The molecule has 29 heavy (non-hydrogen) atoms. The first-order chi connectivity index (χ1) is 14.1. The van der Waals surface area contributed by atoms with E-state index in [1.54, 1.807) is 0 Å². The maximum absolute atomic E-state index is 9.14. The molecule has 6 nitrogen and oxygen atoms in total. The van der Waals surface area contributed by atoms with Crippen molar-refractivity contribution in [1.29, 1.82) is 5.26 Å². The Morgan fingerprint density at radius 2 is 1.93 bits per heavy atom. The van der Waals surface area contributed by atoms with E-state index in [1.807, 2.05) is 55.3 Å². The van der Waals surface area contributed by atoms with E-state index >= 15 is 0 Å². The highest BCUT2D eigenvalue weighted by molar-refractivity contribution is 5.88. The van der Waals surface area contributed by atoms with Crippen LogP contribution in [0.25, 0.3) is 22.3 Å². The number of rotatable bonds is 2. The Labute approximate surface area is 168 Å². The number of aryl methyl sites for hydroxylation is 2. The zero-order chi connectivity index (χ0) is 20.0. The van der Waals surface area contributed by atoms with E-state index in [-0.39, 0.29) is 0 Å². The molecule has 1 aliphatic heterocycles. The Kier molecular flexibility index (Phi) is 3.95. The highest BCUT2D eigenvalue weighted by Crippen LogP contribution is 2.43. The number of nitrogens with zero attached hydrogens (tertiary/aromatic N) is 5. The molecule has 142 valence electrons. The van der Waals surface area contributed by atoms with Crippen LogP contribution in [0.15, 0.2) is 59.4 Å². The number of benzene rings is 2. The fraction of sp³-hybridized carbons (Fsp3) is 0.174. The van der Waals surface area contributed by atoms with Crippen molar-refractivity contribution in [1.82, 2.24) is 14.9 Å². The average Bonchev–Trinajstić information content (AvgIpc) is 3.29. The van der Waals surface area contributed by atoms with Crippen LogP contribution in [0.1, 0.15) is 17.0 Å². The van der Waals surface area contributed by atoms with Gasteiger partial charge in [0.25, 0.3) is 0 Å². The average molecular weight is 381 g/mol. The Hall–Kier alpha value is -3.85. The van der Waals surface area contributed by atoms with Crippen molar-refractivity contribution in [2.24, 2.45) is 7.05 Å². The number of hydrogen-bond acceptors (Lipinski definition) is 5. The van der Waals surface area contributed by atoms with E-state index in [1.165, 1.54) is 0 Å². The Morgan fingerprint density at radius 1 is 1.10 bits per heavy atom. The first kappa shape index (κ1) is 17.3. The lowest BCUT2D eigenvalue weighted by Crippen LogP contribution is -2.19. The van der Waals surface area contributed by atoms with Gasteiger partial charge >= 0.3 is 0 Å². The molecule has 0 radical (unpaired) electrons. The second-order valence-electron chi connectivity index (χ2n) is 7.26. The molecule has 0 fully saturated rings. The van der Waals surface area contributed by atoms with Gasteiger partial charge in [-0.2, -0.15) is 10.4 Å². The van der Waals surface area contributed by atoms with Crippen LogP contribution in [0.3, 0.4) is 0 Å². The molecule has 0 saturated carbocycles. The Morgan fingerprint density at radius 3 is 2.66 bits per heavy atom. The van der Waals surface area contributed by atoms with Crippen LogP contribution in [0.4, 0.5) is 11.4 Å². The van der Waals surface area contributed by atoms with Crippen molar-refractivity contribution in [3.05, 3.63) is 71.9 Å². The van der Waals surface area contributed by atoms with Crippen LogP contribution in [-0.2, 0) is 13.5 Å². The van der Waals surface area contributed by atoms with Crippen LogP contribution in [0.5, 0.6) is 0 Å². The van der Waals surface area contributed by atoms with E-state index in [0.29, 0.717) is 5.56 Å². The van der Waals surface area contributed by atoms with Crippen molar-refractivity contribution < 1.29 is 4.52 Å². The molecular formula is C23H19N5O. The summed E-state index contributed by atoms with van der Waals surface area (Å²) < 4.78 is 7.44. The van der Waals surface area contributed by atoms with Crippen molar-refractivity contribution in [3.63, 3.8) is 0 Å². The van der Waals surface area contributed by atoms with Gasteiger partial charge in [-0.05, 0) is 42.8 Å². The smallest absolute Gasteiger partial charge is 0.146 e. The number of hydrogen-bond donors (Lipinski definition) is 0. The second kappa shape index (κ2) is 6.64. The predicted octanol–water partition coefficient (Wildman–Crippen LogP) is 4.62. The largest absolute Gasteiger partial charge is 0.360 e. The third-order valence-electron chi connectivity index (χ3n) is 5.40. The van der Waals surface area contributed by atoms with Gasteiger partial charge in [-0.25, -0.2) is 0 Å². The summed E-state index contributed by atoms with van der Waals surface area (Å²) in [7, 11) is 1.92. The van der Waals surface area contributed by atoms with Crippen LogP contribution in [0, 0.1) is 18.3 Å². The molecule has 1 aliphatic rings. The van der Waals surface area contributed by atoms with Crippen LogP contribution in [-0.4, -0.2) is 21.5 Å². The van der Waals surface area contributed by atoms with Crippen LogP contribution < -0.4 is 4.90 Å². The SMILES string of the molecule is Cc1noc2c1-c1ccc(-c3cnn(C)c3)cc1N(c1ccc(C#N)cc1)CC2. The molecule has 0 saturated heterocycles. The third kappa shape index (κ3) is 2.88. The molecule has 5 rings (SSSR count). The van der Waals surface area contributed by atoms with Gasteiger partial charge in [0.15, 0.2) is 0 Å². The highest BCUT2D eigenvalue weighted by atomic mass is 16.5. The van der Waals surface area contributed by atoms with E-state index < -0.39 is 0 Å². The minimum Gasteiger partial charge on any atom is -0.360 e. The maximum Gasteiger partial charge on any atom is 0.146 e. The van der Waals surface area contributed by atoms with E-state index in [0.717, 1.165) is 58.0 Å². The van der Waals surface area contributed by atoms with Crippen LogP contribution >= 0.6 is 0 Å². The monoisotopic (exact) mass is 381 g/mol. The lowest BCUT2D eigenvalue weighted by molar-refractivity contribution is 0.381. The molecule has 2 aromatic carbocycles. The van der Waals surface area contributed by atoms with Gasteiger partial charge in [0, 0.05) is 54.3 Å². The molecule has 6 heteroatoms. The van der Waals surface area contributed by atoms with Gasteiger partial charge in [0.1, 0.15) is 5.76 Å². The lowest BCUT2D eigenvalue weighted by Gasteiger charge is -2.26. The molecule has 2 aromatic heterocycles. The van der Waals surface area contributed by atoms with Gasteiger partial charge in [-0.15, -0.1) is 0 Å². The summed E-state index contributed by atoms with van der Waals surface area (Å²) >= 11 is 0. The highest BCUT2D eigenvalue weighted by Gasteiger charge is 2.26. The van der Waals surface area contributed by atoms with Gasteiger partial charge in [0.05, 0.1) is 23.5 Å². The van der Waals surface area contributed by atoms with Gasteiger partial charge in [0.2, 0.25) is 0 Å². The summed E-state index contributed by atoms with van der Waals surface area (Å²) in [6.45, 7) is 2.75. The van der Waals surface area contributed by atoms with Crippen molar-refractivity contribution in [3.8, 4) is 28.3 Å². The third-order valence-corrected chi connectivity index (χ3v) is 5.40. The normalized spacial score (nSPS) is 12.8. The minimum atomic E-state index is 0.653. The van der Waals surface area contributed by atoms with Crippen molar-refractivity contribution in [2.45, 2.75) is 13.3 Å². The van der Waals surface area contributed by atoms with Gasteiger partial charge in [-0.3, -0.25) is 4.68 Å². The van der Waals surface area contributed by atoms with Gasteiger partial charge < -0.3 is 9.42 Å². The molecule has 0 atom stereocenters. The predicted molar refractivity (Wildman–Crippen MR) is 111 cm³/mol. The number of nitriles is 1. The molecule has 0 amide bonds. The van der Waals surface area contributed by atoms with Gasteiger partial charge in [-0.1, -0.05) is 17.3 Å². The summed E-state index contributed by atoms with van der Waals surface area (Å²) in [5.41, 5.74) is 8.05. The van der Waals surface area contributed by atoms with Crippen molar-refractivity contribution >= 4 is 11.4 Å². The molecule has 0 aliphatic carbocycles. The zero-order valence-electron chi connectivity index (χ0n) is 16.3. The topological polar surface area (TPSA) is 70.9 Å². The fourth-order valence-corrected chi connectivity index (χ4v) is 3.97. The molecule has 3 heterocycles. The molecule has 0 bridgehead atoms. The zero-order valence-corrected chi connectivity index (χ0v) is 16.3. The minimum absolute atomic E-state index is 0.653. The Bertz CT molecular complexity index is 1240. The van der Waals surface area contributed by atoms with Crippen molar-refractivity contribution in [2.75, 3.05) is 11.4 Å². The van der Waals surface area contributed by atoms with E-state index in [9.17, 15) is 0 Å². The summed E-state index contributed by atoms with van der Waals surface area (Å²) in [6, 6.07) is 16.4. The second-order valence-corrected chi connectivity index (χ2v) is 7.26. The van der Waals surface area contributed by atoms with E-state index in [4.69, 9.17) is 9.78 Å². The first-order valence-corrected chi connectivity index (χ1v) is 9.50. The fourth-order valence-electron chi connectivity index (χ4n) is 3.97. The summed E-state index contributed by atoms with van der Waals surface area (Å²) in [5, 5.41) is 17.6. The Balaban J connectivity index is 1.70. The lowest BCUT2D eigenvalue weighted by atomic mass is 9.98. The first-order valence-electron chi connectivity index (χ1n) is 9.50.